The molecule has 4 aromatic rings. The van der Waals surface area contributed by atoms with Gasteiger partial charge in [0.2, 0.25) is 0 Å². The number of pyridine rings is 2. The number of H-pyrrole nitrogens is 2. The van der Waals surface area contributed by atoms with E-state index in [0.29, 0.717) is 18.1 Å². The molecule has 0 aliphatic carbocycles. The molecule has 148 valence electrons. The van der Waals surface area contributed by atoms with E-state index in [1.54, 1.807) is 30.6 Å². The summed E-state index contributed by atoms with van der Waals surface area (Å²) in [5.41, 5.74) is 1.35. The summed E-state index contributed by atoms with van der Waals surface area (Å²) in [5, 5.41) is 0.314. The molecule has 4 rings (SSSR count). The van der Waals surface area contributed by atoms with Crippen molar-refractivity contribution in [1.29, 1.82) is 0 Å². The highest BCUT2D eigenvalue weighted by molar-refractivity contribution is 5.48. The molecule has 1 aromatic carbocycles. The zero-order chi connectivity index (χ0) is 20.8. The summed E-state index contributed by atoms with van der Waals surface area (Å²) in [4.78, 5) is 38.4. The summed E-state index contributed by atoms with van der Waals surface area (Å²) in [6.45, 7) is 0.331. The molecule has 30 heavy (non-hydrogen) atoms. The summed E-state index contributed by atoms with van der Waals surface area (Å²) in [6, 6.07) is 18.3. The van der Waals surface area contributed by atoms with Gasteiger partial charge in [-0.2, -0.15) is 0 Å². The number of aromatic nitrogens is 4. The largest absolute Gasteiger partial charge is 0.486 e. The molecule has 7 heteroatoms. The number of benzene rings is 1. The molecule has 0 atom stereocenters. The Morgan fingerprint density at radius 3 is 2.20 bits per heavy atom. The Labute approximate surface area is 171 Å². The van der Waals surface area contributed by atoms with Gasteiger partial charge in [-0.05, 0) is 42.0 Å². The number of hydrogen-bond acceptors (Lipinski definition) is 5. The Hall–Kier alpha value is -4.26. The summed E-state index contributed by atoms with van der Waals surface area (Å²) in [5.74, 6) is 0.577. The number of ether oxygens (including phenoxy) is 1. The minimum Gasteiger partial charge on any atom is -0.486 e. The van der Waals surface area contributed by atoms with E-state index in [2.05, 4.69) is 19.9 Å². The Balaban J connectivity index is 1.56. The van der Waals surface area contributed by atoms with Crippen LogP contribution < -0.4 is 26.6 Å². The first-order chi connectivity index (χ1) is 14.7. The van der Waals surface area contributed by atoms with Gasteiger partial charge in [-0.3, -0.25) is 19.6 Å². The molecular formula is C23H18N4O3. The van der Waals surface area contributed by atoms with Crippen LogP contribution in [0.5, 0.6) is 5.75 Å². The number of nitrogens with zero attached hydrogens (tertiary/aromatic N) is 2. The van der Waals surface area contributed by atoms with Crippen molar-refractivity contribution in [3.8, 4) is 5.75 Å². The lowest BCUT2D eigenvalue weighted by Crippen LogP contribution is -2.46. The third kappa shape index (κ3) is 4.77. The average Bonchev–Trinajstić information content (AvgIpc) is 2.78. The minimum atomic E-state index is -0.408. The second-order valence-electron chi connectivity index (χ2n) is 6.46. The number of nitrogens with one attached hydrogen (secondary N) is 2. The molecule has 0 spiro atoms. The van der Waals surface area contributed by atoms with Gasteiger partial charge in [-0.1, -0.05) is 36.4 Å². The van der Waals surface area contributed by atoms with E-state index in [1.807, 2.05) is 48.5 Å². The van der Waals surface area contributed by atoms with Crippen LogP contribution in [0.4, 0.5) is 0 Å². The number of hydrogen-bond donors (Lipinski definition) is 2. The molecule has 0 saturated heterocycles. The number of rotatable bonds is 5. The van der Waals surface area contributed by atoms with Gasteiger partial charge in [0.1, 0.15) is 23.1 Å². The molecule has 0 amide bonds. The van der Waals surface area contributed by atoms with Crippen molar-refractivity contribution in [3.05, 3.63) is 121 Å². The predicted molar refractivity (Wildman–Crippen MR) is 113 cm³/mol. The lowest BCUT2D eigenvalue weighted by molar-refractivity contribution is 0.300. The van der Waals surface area contributed by atoms with Gasteiger partial charge < -0.3 is 14.7 Å². The third-order valence-corrected chi connectivity index (χ3v) is 4.26. The van der Waals surface area contributed by atoms with Crippen molar-refractivity contribution < 1.29 is 4.74 Å². The molecule has 0 aliphatic heterocycles. The van der Waals surface area contributed by atoms with E-state index in [-0.39, 0.29) is 16.3 Å². The van der Waals surface area contributed by atoms with Crippen molar-refractivity contribution in [1.82, 2.24) is 19.9 Å². The van der Waals surface area contributed by atoms with Gasteiger partial charge in [0.25, 0.3) is 11.1 Å². The monoisotopic (exact) mass is 398 g/mol. The molecule has 3 aromatic heterocycles. The van der Waals surface area contributed by atoms with Crippen LogP contribution in [0.1, 0.15) is 17.0 Å². The standard InChI is InChI=1S/C23H18N4O3/c28-22-20(12-16-6-2-1-3-7-16)26-23(29)21(27-22)13-17-9-10-19(14-25-17)30-15-18-8-4-5-11-24-18/h1-14H,15H2,(H,26,29)(H,27,28)/b20-12+,21-13-. The van der Waals surface area contributed by atoms with Crippen LogP contribution in [0.15, 0.2) is 82.6 Å². The van der Waals surface area contributed by atoms with Crippen LogP contribution >= 0.6 is 0 Å². The summed E-state index contributed by atoms with van der Waals surface area (Å²) in [7, 11) is 0. The van der Waals surface area contributed by atoms with Gasteiger partial charge in [-0.15, -0.1) is 0 Å². The molecule has 0 radical (unpaired) electrons. The van der Waals surface area contributed by atoms with Crippen molar-refractivity contribution in [2.24, 2.45) is 0 Å². The summed E-state index contributed by atoms with van der Waals surface area (Å²) >= 11 is 0. The highest BCUT2D eigenvalue weighted by Crippen LogP contribution is 2.11. The SMILES string of the molecule is O=c1[nH]/c(=C/c2ccccc2)c(=O)[nH]/c1=C\c1ccc(OCc2ccccn2)cn1. The Bertz CT molecular complexity index is 1360. The Morgan fingerprint density at radius 2 is 1.53 bits per heavy atom. The van der Waals surface area contributed by atoms with Gasteiger partial charge in [0.15, 0.2) is 0 Å². The number of aromatic amines is 2. The van der Waals surface area contributed by atoms with Crippen LogP contribution in [0, 0.1) is 0 Å². The molecule has 0 saturated carbocycles. The van der Waals surface area contributed by atoms with Crippen LogP contribution in [0.3, 0.4) is 0 Å². The van der Waals surface area contributed by atoms with Crippen molar-refractivity contribution >= 4 is 12.2 Å². The van der Waals surface area contributed by atoms with E-state index in [4.69, 9.17) is 4.74 Å². The summed E-state index contributed by atoms with van der Waals surface area (Å²) < 4.78 is 5.64. The van der Waals surface area contributed by atoms with Gasteiger partial charge in [0.05, 0.1) is 17.6 Å². The zero-order valence-electron chi connectivity index (χ0n) is 15.9. The Morgan fingerprint density at radius 1 is 0.800 bits per heavy atom. The highest BCUT2D eigenvalue weighted by atomic mass is 16.5. The topological polar surface area (TPSA) is 101 Å². The molecule has 0 unspecified atom stereocenters. The average molecular weight is 398 g/mol. The van der Waals surface area contributed by atoms with E-state index < -0.39 is 5.56 Å². The second-order valence-corrected chi connectivity index (χ2v) is 6.46. The van der Waals surface area contributed by atoms with Crippen molar-refractivity contribution in [3.63, 3.8) is 0 Å². The zero-order valence-corrected chi connectivity index (χ0v) is 15.9. The van der Waals surface area contributed by atoms with Crippen LogP contribution in [0.25, 0.3) is 12.2 Å². The van der Waals surface area contributed by atoms with Gasteiger partial charge >= 0.3 is 0 Å². The van der Waals surface area contributed by atoms with Crippen LogP contribution in [-0.2, 0) is 6.61 Å². The lowest BCUT2D eigenvalue weighted by atomic mass is 10.2. The smallest absolute Gasteiger partial charge is 0.272 e. The van der Waals surface area contributed by atoms with E-state index in [1.165, 1.54) is 6.08 Å². The maximum absolute atomic E-state index is 12.4. The minimum absolute atomic E-state index is 0.125. The second kappa shape index (κ2) is 8.83. The van der Waals surface area contributed by atoms with Gasteiger partial charge in [0, 0.05) is 6.20 Å². The first-order valence-electron chi connectivity index (χ1n) is 9.27. The van der Waals surface area contributed by atoms with Crippen molar-refractivity contribution in [2.75, 3.05) is 0 Å². The van der Waals surface area contributed by atoms with Crippen LogP contribution in [-0.4, -0.2) is 19.9 Å². The Kier molecular flexibility index (Phi) is 5.61. The fraction of sp³-hybridized carbons (Fsp3) is 0.0435. The lowest BCUT2D eigenvalue weighted by Gasteiger charge is -2.05. The third-order valence-electron chi connectivity index (χ3n) is 4.26. The fourth-order valence-electron chi connectivity index (χ4n) is 2.76. The normalized spacial score (nSPS) is 12.1. The molecule has 0 fully saturated rings. The molecule has 0 bridgehead atoms. The molecule has 7 nitrogen and oxygen atoms in total. The molecule has 2 N–H and O–H groups in total. The van der Waals surface area contributed by atoms with Gasteiger partial charge in [-0.25, -0.2) is 0 Å². The van der Waals surface area contributed by atoms with E-state index in [9.17, 15) is 9.59 Å². The predicted octanol–water partition coefficient (Wildman–Crippen LogP) is 1.09. The quantitative estimate of drug-likeness (QED) is 0.524. The maximum atomic E-state index is 12.4. The highest BCUT2D eigenvalue weighted by Gasteiger charge is 2.00. The fourth-order valence-corrected chi connectivity index (χ4v) is 2.76. The molecular weight excluding hydrogens is 380 g/mol. The van der Waals surface area contributed by atoms with Crippen LogP contribution in [0.2, 0.25) is 0 Å². The molecule has 3 heterocycles. The maximum Gasteiger partial charge on any atom is 0.272 e. The first-order valence-corrected chi connectivity index (χ1v) is 9.27. The summed E-state index contributed by atoms with van der Waals surface area (Å²) in [6.07, 6.45) is 6.39. The first kappa shape index (κ1) is 19.1. The molecule has 0 aliphatic rings. The van der Waals surface area contributed by atoms with E-state index >= 15 is 0 Å². The van der Waals surface area contributed by atoms with Crippen molar-refractivity contribution in [2.45, 2.75) is 6.61 Å². The van der Waals surface area contributed by atoms with E-state index in [0.717, 1.165) is 11.3 Å².